The number of para-hydroxylation sites is 2. The first-order valence-electron chi connectivity index (χ1n) is 5.57. The van der Waals surface area contributed by atoms with E-state index in [0.29, 0.717) is 0 Å². The minimum atomic E-state index is 0.891. The maximum atomic E-state index is 4.26. The Morgan fingerprint density at radius 2 is 1.31 bits per heavy atom. The van der Waals surface area contributed by atoms with E-state index in [1.165, 1.54) is 11.4 Å². The number of nitrogens with zero attached hydrogens (tertiary/aromatic N) is 4. The summed E-state index contributed by atoms with van der Waals surface area (Å²) in [6.45, 7) is 3.73. The van der Waals surface area contributed by atoms with Gasteiger partial charge in [0, 0.05) is 13.1 Å². The Balaban J connectivity index is 1.96. The number of rotatable bonds is 2. The van der Waals surface area contributed by atoms with Gasteiger partial charge in [0.15, 0.2) is 0 Å². The Bertz CT molecular complexity index is 397. The lowest BCUT2D eigenvalue weighted by Gasteiger charge is -2.23. The molecular formula is C12H14N4. The first-order valence-corrected chi connectivity index (χ1v) is 5.57. The standard InChI is InChI=1S/C12H14N4/c1-2-4-12(16-8-6-14-10-16)11(3-1)15-7-5-13-9-15/h1-4,9-10H,5-8H2. The molecule has 2 aliphatic heterocycles. The van der Waals surface area contributed by atoms with Gasteiger partial charge in [0.1, 0.15) is 0 Å². The molecule has 1 aromatic rings. The van der Waals surface area contributed by atoms with Crippen LogP contribution in [0.4, 0.5) is 11.4 Å². The quantitative estimate of drug-likeness (QED) is 0.744. The van der Waals surface area contributed by atoms with Crippen molar-refractivity contribution in [3.8, 4) is 0 Å². The molecule has 0 aliphatic carbocycles. The van der Waals surface area contributed by atoms with E-state index in [4.69, 9.17) is 0 Å². The molecule has 0 spiro atoms. The van der Waals surface area contributed by atoms with Gasteiger partial charge in [0.05, 0.1) is 37.1 Å². The van der Waals surface area contributed by atoms with Gasteiger partial charge in [-0.05, 0) is 12.1 Å². The highest BCUT2D eigenvalue weighted by Gasteiger charge is 2.17. The number of hydrogen-bond acceptors (Lipinski definition) is 4. The van der Waals surface area contributed by atoms with Crippen molar-refractivity contribution in [3.05, 3.63) is 24.3 Å². The molecule has 2 aliphatic rings. The monoisotopic (exact) mass is 214 g/mol. The zero-order chi connectivity index (χ0) is 10.8. The molecule has 0 saturated heterocycles. The molecule has 1 aromatic carbocycles. The van der Waals surface area contributed by atoms with Gasteiger partial charge in [-0.2, -0.15) is 0 Å². The Morgan fingerprint density at radius 1 is 0.812 bits per heavy atom. The molecule has 0 fully saturated rings. The van der Waals surface area contributed by atoms with Crippen LogP contribution in [0.15, 0.2) is 34.3 Å². The van der Waals surface area contributed by atoms with Crippen molar-refractivity contribution in [3.63, 3.8) is 0 Å². The van der Waals surface area contributed by atoms with Crippen LogP contribution in [0.5, 0.6) is 0 Å². The van der Waals surface area contributed by atoms with Gasteiger partial charge in [-0.3, -0.25) is 9.98 Å². The van der Waals surface area contributed by atoms with E-state index in [0.717, 1.165) is 26.2 Å². The largest absolute Gasteiger partial charge is 0.329 e. The molecule has 4 nitrogen and oxygen atoms in total. The molecular weight excluding hydrogens is 200 g/mol. The molecule has 0 unspecified atom stereocenters. The molecule has 3 rings (SSSR count). The fourth-order valence-electron chi connectivity index (χ4n) is 2.07. The minimum Gasteiger partial charge on any atom is -0.329 e. The number of aliphatic imine (C=N–C) groups is 2. The third kappa shape index (κ3) is 1.56. The second kappa shape index (κ2) is 3.96. The molecule has 82 valence electrons. The van der Waals surface area contributed by atoms with Crippen LogP contribution >= 0.6 is 0 Å². The summed E-state index contributed by atoms with van der Waals surface area (Å²) in [7, 11) is 0. The summed E-state index contributed by atoms with van der Waals surface area (Å²) in [5.41, 5.74) is 2.44. The van der Waals surface area contributed by atoms with Crippen LogP contribution in [0.3, 0.4) is 0 Å². The second-order valence-electron chi connectivity index (χ2n) is 3.92. The van der Waals surface area contributed by atoms with E-state index in [1.54, 1.807) is 0 Å². The predicted molar refractivity (Wildman–Crippen MR) is 67.9 cm³/mol. The molecule has 0 radical (unpaired) electrons. The Kier molecular flexibility index (Phi) is 2.33. The van der Waals surface area contributed by atoms with Crippen molar-refractivity contribution in [2.75, 3.05) is 36.0 Å². The maximum absolute atomic E-state index is 4.26. The average molecular weight is 214 g/mol. The summed E-state index contributed by atoms with van der Waals surface area (Å²) in [5.74, 6) is 0. The molecule has 2 heterocycles. The highest BCUT2D eigenvalue weighted by molar-refractivity contribution is 5.93. The Hall–Kier alpha value is -1.84. The highest BCUT2D eigenvalue weighted by atomic mass is 15.3. The molecule has 0 atom stereocenters. The first-order chi connectivity index (χ1) is 7.95. The lowest BCUT2D eigenvalue weighted by molar-refractivity contribution is 0.999. The summed E-state index contributed by atoms with van der Waals surface area (Å²) in [4.78, 5) is 12.9. The zero-order valence-corrected chi connectivity index (χ0v) is 9.08. The fourth-order valence-corrected chi connectivity index (χ4v) is 2.07. The van der Waals surface area contributed by atoms with E-state index < -0.39 is 0 Å². The number of anilines is 2. The summed E-state index contributed by atoms with van der Waals surface area (Å²) in [6.07, 6.45) is 3.85. The number of benzene rings is 1. The van der Waals surface area contributed by atoms with Crippen LogP contribution < -0.4 is 9.80 Å². The third-order valence-corrected chi connectivity index (χ3v) is 2.88. The fraction of sp³-hybridized carbons (Fsp3) is 0.333. The number of hydrogen-bond donors (Lipinski definition) is 0. The predicted octanol–water partition coefficient (Wildman–Crippen LogP) is 1.38. The van der Waals surface area contributed by atoms with Crippen LogP contribution in [0, 0.1) is 0 Å². The van der Waals surface area contributed by atoms with Crippen LogP contribution in [0.1, 0.15) is 0 Å². The lowest BCUT2D eigenvalue weighted by atomic mass is 10.2. The Morgan fingerprint density at radius 3 is 1.69 bits per heavy atom. The van der Waals surface area contributed by atoms with Gasteiger partial charge in [0.2, 0.25) is 0 Å². The van der Waals surface area contributed by atoms with E-state index in [9.17, 15) is 0 Å². The average Bonchev–Trinajstić information content (AvgIpc) is 3.03. The van der Waals surface area contributed by atoms with Crippen LogP contribution in [-0.2, 0) is 0 Å². The molecule has 0 saturated carbocycles. The van der Waals surface area contributed by atoms with Crippen LogP contribution in [0.25, 0.3) is 0 Å². The molecule has 16 heavy (non-hydrogen) atoms. The van der Waals surface area contributed by atoms with Gasteiger partial charge < -0.3 is 9.80 Å². The topological polar surface area (TPSA) is 31.2 Å². The maximum Gasteiger partial charge on any atom is 0.0896 e. The molecule has 0 aromatic heterocycles. The lowest BCUT2D eigenvalue weighted by Crippen LogP contribution is -2.24. The molecule has 0 bridgehead atoms. The zero-order valence-electron chi connectivity index (χ0n) is 9.08. The van der Waals surface area contributed by atoms with Gasteiger partial charge in [-0.25, -0.2) is 0 Å². The normalized spacial score (nSPS) is 18.8. The van der Waals surface area contributed by atoms with E-state index in [1.807, 2.05) is 12.7 Å². The second-order valence-corrected chi connectivity index (χ2v) is 3.92. The van der Waals surface area contributed by atoms with Crippen LogP contribution in [0.2, 0.25) is 0 Å². The van der Waals surface area contributed by atoms with Gasteiger partial charge in [-0.1, -0.05) is 12.1 Å². The minimum absolute atomic E-state index is 0.891. The molecule has 0 amide bonds. The van der Waals surface area contributed by atoms with Gasteiger partial charge in [-0.15, -0.1) is 0 Å². The SMILES string of the molecule is C1=NCCN1c1ccccc1N1C=NCC1. The summed E-state index contributed by atoms with van der Waals surface area (Å²) in [5, 5.41) is 0. The molecule has 0 N–H and O–H groups in total. The van der Waals surface area contributed by atoms with Gasteiger partial charge >= 0.3 is 0 Å². The first kappa shape index (κ1) is 9.39. The molecule has 4 heteroatoms. The van der Waals surface area contributed by atoms with Crippen molar-refractivity contribution in [1.82, 2.24) is 0 Å². The summed E-state index contributed by atoms with van der Waals surface area (Å²) < 4.78 is 0. The van der Waals surface area contributed by atoms with Crippen LogP contribution in [-0.4, -0.2) is 38.9 Å². The van der Waals surface area contributed by atoms with Gasteiger partial charge in [0.25, 0.3) is 0 Å². The van der Waals surface area contributed by atoms with Crippen molar-refractivity contribution >= 4 is 24.1 Å². The van der Waals surface area contributed by atoms with E-state index in [-0.39, 0.29) is 0 Å². The van der Waals surface area contributed by atoms with Crippen molar-refractivity contribution in [1.29, 1.82) is 0 Å². The Labute approximate surface area is 94.9 Å². The highest BCUT2D eigenvalue weighted by Crippen LogP contribution is 2.29. The van der Waals surface area contributed by atoms with E-state index >= 15 is 0 Å². The van der Waals surface area contributed by atoms with Crippen molar-refractivity contribution in [2.24, 2.45) is 9.98 Å². The smallest absolute Gasteiger partial charge is 0.0896 e. The van der Waals surface area contributed by atoms with E-state index in [2.05, 4.69) is 44.1 Å². The third-order valence-electron chi connectivity index (χ3n) is 2.88. The van der Waals surface area contributed by atoms with Crippen molar-refractivity contribution < 1.29 is 0 Å². The van der Waals surface area contributed by atoms with Crippen molar-refractivity contribution in [2.45, 2.75) is 0 Å². The summed E-state index contributed by atoms with van der Waals surface area (Å²) >= 11 is 0. The summed E-state index contributed by atoms with van der Waals surface area (Å²) in [6, 6.07) is 8.41.